The molecule has 1 fully saturated rings. The number of benzene rings is 3. The molecule has 0 spiro atoms. The fourth-order valence-electron chi connectivity index (χ4n) is 3.78. The van der Waals surface area contributed by atoms with E-state index in [1.807, 2.05) is 0 Å². The summed E-state index contributed by atoms with van der Waals surface area (Å²) in [4.78, 5) is 2.27. The minimum absolute atomic E-state index is 0.643. The average Bonchev–Trinajstić information content (AvgIpc) is 2.74. The minimum atomic E-state index is -0.697. The van der Waals surface area contributed by atoms with Gasteiger partial charge >= 0.3 is 0 Å². The molecule has 3 aromatic carbocycles. The number of rotatable bonds is 6. The van der Waals surface area contributed by atoms with Crippen molar-refractivity contribution in [3.63, 3.8) is 0 Å². The van der Waals surface area contributed by atoms with Crippen LogP contribution in [0.1, 0.15) is 12.0 Å². The van der Waals surface area contributed by atoms with E-state index in [-0.39, 0.29) is 0 Å². The third kappa shape index (κ3) is 4.11. The molecule has 0 saturated carbocycles. The Balaban J connectivity index is 1.62. The lowest BCUT2D eigenvalue weighted by atomic mass is 9.97. The van der Waals surface area contributed by atoms with Crippen LogP contribution in [0.5, 0.6) is 0 Å². The number of hydrogen-bond acceptors (Lipinski definition) is 4. The Kier molecular flexibility index (Phi) is 6.02. The summed E-state index contributed by atoms with van der Waals surface area (Å²) in [5.74, 6) is 0.116. The lowest BCUT2D eigenvalue weighted by molar-refractivity contribution is -0.274. The highest BCUT2D eigenvalue weighted by atomic mass is 32.1. The molecular weight excluding hydrogens is 366 g/mol. The highest BCUT2D eigenvalue weighted by molar-refractivity contribution is 7.80. The van der Waals surface area contributed by atoms with Crippen LogP contribution in [0.25, 0.3) is 21.9 Å². The van der Waals surface area contributed by atoms with Crippen LogP contribution in [0.4, 0.5) is 0 Å². The van der Waals surface area contributed by atoms with Gasteiger partial charge in [0.1, 0.15) is 0 Å². The first kappa shape index (κ1) is 19.5. The van der Waals surface area contributed by atoms with Crippen molar-refractivity contribution in [1.82, 2.24) is 4.90 Å². The molecule has 146 valence electrons. The largest absolute Gasteiger partial charge is 0.345 e. The average molecular weight is 394 g/mol. The number of nitrogens with zero attached hydrogens (tertiary/aromatic N) is 1. The standard InChI is InChI=1S/C24H27NO2S/c1-25-13-15-27-24(18-25,26-14-4-16-28)23-11-9-20(10-12-23)22-8-7-19-5-2-3-6-21(19)17-22/h2-3,5-12,17,28H,4,13-16,18H2,1H3. The quantitative estimate of drug-likeness (QED) is 0.473. The van der Waals surface area contributed by atoms with Crippen LogP contribution in [0, 0.1) is 0 Å². The molecule has 28 heavy (non-hydrogen) atoms. The van der Waals surface area contributed by atoms with Gasteiger partial charge < -0.3 is 9.47 Å². The number of likely N-dealkylation sites (N-methyl/N-ethyl adjacent to an activating group) is 1. The fourth-order valence-corrected chi connectivity index (χ4v) is 3.91. The van der Waals surface area contributed by atoms with Crippen molar-refractivity contribution in [2.24, 2.45) is 0 Å². The molecule has 0 amide bonds. The van der Waals surface area contributed by atoms with Crippen molar-refractivity contribution in [3.05, 3.63) is 72.3 Å². The Morgan fingerprint density at radius 1 is 1.00 bits per heavy atom. The summed E-state index contributed by atoms with van der Waals surface area (Å²) in [6.07, 6.45) is 0.910. The highest BCUT2D eigenvalue weighted by Crippen LogP contribution is 2.33. The van der Waals surface area contributed by atoms with Gasteiger partial charge in [-0.05, 0) is 47.2 Å². The zero-order chi connectivity index (χ0) is 19.4. The van der Waals surface area contributed by atoms with Gasteiger partial charge in [-0.15, -0.1) is 0 Å². The molecule has 1 atom stereocenters. The lowest BCUT2D eigenvalue weighted by Gasteiger charge is -2.41. The first-order chi connectivity index (χ1) is 13.7. The van der Waals surface area contributed by atoms with E-state index in [1.54, 1.807) is 0 Å². The summed E-state index contributed by atoms with van der Waals surface area (Å²) in [6.45, 7) is 2.97. The number of ether oxygens (including phenoxy) is 2. The van der Waals surface area contributed by atoms with Crippen LogP contribution in [0.2, 0.25) is 0 Å². The van der Waals surface area contributed by atoms with E-state index in [0.29, 0.717) is 13.2 Å². The van der Waals surface area contributed by atoms with Gasteiger partial charge in [0.25, 0.3) is 0 Å². The predicted octanol–water partition coefficient (Wildman–Crippen LogP) is 4.96. The van der Waals surface area contributed by atoms with Crippen molar-refractivity contribution >= 4 is 23.4 Å². The Morgan fingerprint density at radius 2 is 1.75 bits per heavy atom. The molecule has 4 heteroatoms. The van der Waals surface area contributed by atoms with Gasteiger partial charge in [-0.25, -0.2) is 0 Å². The maximum absolute atomic E-state index is 6.26. The second-order valence-electron chi connectivity index (χ2n) is 7.40. The number of morpholine rings is 1. The number of fused-ring (bicyclic) bond motifs is 1. The Hall–Kier alpha value is -1.85. The molecule has 0 bridgehead atoms. The highest BCUT2D eigenvalue weighted by Gasteiger charge is 2.38. The van der Waals surface area contributed by atoms with Crippen molar-refractivity contribution in [1.29, 1.82) is 0 Å². The Morgan fingerprint density at radius 3 is 2.50 bits per heavy atom. The first-order valence-corrected chi connectivity index (χ1v) is 10.5. The van der Waals surface area contributed by atoms with Crippen LogP contribution in [-0.2, 0) is 15.3 Å². The molecule has 0 N–H and O–H groups in total. The minimum Gasteiger partial charge on any atom is -0.345 e. The first-order valence-electron chi connectivity index (χ1n) is 9.87. The number of thiol groups is 1. The molecule has 0 aromatic heterocycles. The normalized spacial score (nSPS) is 20.5. The second-order valence-corrected chi connectivity index (χ2v) is 7.85. The number of hydrogen-bond donors (Lipinski definition) is 1. The van der Waals surface area contributed by atoms with Crippen molar-refractivity contribution in [2.75, 3.05) is 39.1 Å². The van der Waals surface area contributed by atoms with E-state index in [4.69, 9.17) is 9.47 Å². The van der Waals surface area contributed by atoms with E-state index in [9.17, 15) is 0 Å². The van der Waals surface area contributed by atoms with Crippen molar-refractivity contribution < 1.29 is 9.47 Å². The van der Waals surface area contributed by atoms with E-state index in [1.165, 1.54) is 21.9 Å². The molecule has 1 aliphatic heterocycles. The van der Waals surface area contributed by atoms with Crippen molar-refractivity contribution in [2.45, 2.75) is 12.2 Å². The zero-order valence-corrected chi connectivity index (χ0v) is 17.2. The molecule has 3 nitrogen and oxygen atoms in total. The Labute approximate surface area is 172 Å². The van der Waals surface area contributed by atoms with Crippen molar-refractivity contribution in [3.8, 4) is 11.1 Å². The molecule has 4 rings (SSSR count). The molecule has 1 heterocycles. The van der Waals surface area contributed by atoms with Gasteiger partial charge in [-0.3, -0.25) is 4.90 Å². The van der Waals surface area contributed by atoms with E-state index in [2.05, 4.69) is 91.3 Å². The summed E-state index contributed by atoms with van der Waals surface area (Å²) in [7, 11) is 2.11. The van der Waals surface area contributed by atoms with Crippen LogP contribution < -0.4 is 0 Å². The smallest absolute Gasteiger partial charge is 0.208 e. The van der Waals surface area contributed by atoms with Gasteiger partial charge in [0.2, 0.25) is 5.79 Å². The topological polar surface area (TPSA) is 21.7 Å². The maximum atomic E-state index is 6.26. The molecule has 0 aliphatic carbocycles. The Bertz CT molecular complexity index is 927. The zero-order valence-electron chi connectivity index (χ0n) is 16.3. The molecular formula is C24H27NO2S. The van der Waals surface area contributed by atoms with E-state index < -0.39 is 5.79 Å². The molecule has 0 radical (unpaired) electrons. The summed E-state index contributed by atoms with van der Waals surface area (Å²) in [5, 5.41) is 2.52. The summed E-state index contributed by atoms with van der Waals surface area (Å²) in [5.41, 5.74) is 3.49. The van der Waals surface area contributed by atoms with Gasteiger partial charge in [0.15, 0.2) is 0 Å². The van der Waals surface area contributed by atoms with Crippen LogP contribution in [-0.4, -0.2) is 44.0 Å². The second kappa shape index (κ2) is 8.66. The van der Waals surface area contributed by atoms with Crippen LogP contribution >= 0.6 is 12.6 Å². The molecule has 1 unspecified atom stereocenters. The summed E-state index contributed by atoms with van der Waals surface area (Å²) >= 11 is 4.30. The SMILES string of the molecule is CN1CCOC(OCCCS)(c2ccc(-c3ccc4ccccc4c3)cc2)C1. The monoisotopic (exact) mass is 393 g/mol. The fraction of sp³-hybridized carbons (Fsp3) is 0.333. The van der Waals surface area contributed by atoms with Crippen LogP contribution in [0.15, 0.2) is 66.7 Å². The third-order valence-electron chi connectivity index (χ3n) is 5.33. The van der Waals surface area contributed by atoms with Gasteiger partial charge in [-0.1, -0.05) is 60.7 Å². The van der Waals surface area contributed by atoms with Crippen LogP contribution in [0.3, 0.4) is 0 Å². The van der Waals surface area contributed by atoms with E-state index >= 15 is 0 Å². The molecule has 3 aromatic rings. The summed E-state index contributed by atoms with van der Waals surface area (Å²) in [6, 6.07) is 23.7. The lowest BCUT2D eigenvalue weighted by Crippen LogP contribution is -2.50. The third-order valence-corrected chi connectivity index (χ3v) is 5.65. The summed E-state index contributed by atoms with van der Waals surface area (Å²) < 4.78 is 12.4. The van der Waals surface area contributed by atoms with E-state index in [0.717, 1.165) is 30.8 Å². The maximum Gasteiger partial charge on any atom is 0.208 e. The van der Waals surface area contributed by atoms with Gasteiger partial charge in [0.05, 0.1) is 19.8 Å². The molecule has 1 aliphatic rings. The van der Waals surface area contributed by atoms with Gasteiger partial charge in [0, 0.05) is 12.1 Å². The predicted molar refractivity (Wildman–Crippen MR) is 119 cm³/mol. The van der Waals surface area contributed by atoms with Gasteiger partial charge in [-0.2, -0.15) is 12.6 Å². The molecule has 1 saturated heterocycles.